The number of carbonyl (C=O) groups excluding carboxylic acids is 2. The Balaban J connectivity index is 1.61. The number of hydrogen-bond donors (Lipinski definition) is 1. The molecule has 0 fully saturated rings. The summed E-state index contributed by atoms with van der Waals surface area (Å²) in [5.74, 6) is 0.136. The average Bonchev–Trinajstić information content (AvgIpc) is 3.33. The smallest absolute Gasteiger partial charge is 0.282 e. The van der Waals surface area contributed by atoms with Crippen LogP contribution in [0.2, 0.25) is 10.0 Å². The second-order valence-corrected chi connectivity index (χ2v) is 7.61. The number of benzene rings is 3. The highest BCUT2D eigenvalue weighted by molar-refractivity contribution is 6.50. The molecule has 3 aromatic rings. The lowest BCUT2D eigenvalue weighted by atomic mass is 10.0. The summed E-state index contributed by atoms with van der Waals surface area (Å²) in [6, 6.07) is 19.0. The molecule has 0 aromatic heterocycles. The predicted molar refractivity (Wildman–Crippen MR) is 119 cm³/mol. The van der Waals surface area contributed by atoms with Crippen molar-refractivity contribution in [2.24, 2.45) is 0 Å². The zero-order valence-corrected chi connectivity index (χ0v) is 17.4. The largest absolute Gasteiger partial charge is 0.454 e. The van der Waals surface area contributed by atoms with Crippen LogP contribution in [-0.4, -0.2) is 18.6 Å². The van der Waals surface area contributed by atoms with E-state index in [1.807, 2.05) is 6.07 Å². The molecule has 5 rings (SSSR count). The Hall–Kier alpha value is -3.48. The van der Waals surface area contributed by atoms with Crippen LogP contribution < -0.4 is 19.7 Å². The van der Waals surface area contributed by atoms with E-state index in [0.29, 0.717) is 22.7 Å². The maximum Gasteiger partial charge on any atom is 0.282 e. The predicted octanol–water partition coefficient (Wildman–Crippen LogP) is 5.12. The maximum absolute atomic E-state index is 13.4. The van der Waals surface area contributed by atoms with Gasteiger partial charge < -0.3 is 14.8 Å². The maximum atomic E-state index is 13.4. The lowest BCUT2D eigenvalue weighted by Gasteiger charge is -2.17. The number of halogens is 2. The number of nitrogens with zero attached hydrogens (tertiary/aromatic N) is 1. The number of hydrogen-bond acceptors (Lipinski definition) is 5. The molecule has 2 aliphatic heterocycles. The molecule has 31 heavy (non-hydrogen) atoms. The summed E-state index contributed by atoms with van der Waals surface area (Å²) in [5, 5.41) is 3.46. The highest BCUT2D eigenvalue weighted by Crippen LogP contribution is 2.40. The number of amides is 2. The van der Waals surface area contributed by atoms with Crippen LogP contribution in [0.15, 0.2) is 72.4 Å². The van der Waals surface area contributed by atoms with Gasteiger partial charge >= 0.3 is 0 Å². The second kappa shape index (κ2) is 7.65. The number of nitrogens with one attached hydrogen (secondary N) is 1. The molecule has 0 unspecified atom stereocenters. The van der Waals surface area contributed by atoms with Crippen molar-refractivity contribution in [2.45, 2.75) is 0 Å². The standard InChI is InChI=1S/C23H14Cl2N2O4/c24-15-7-4-8-16(20(15)25)27-22(28)19(13-5-2-1-3-6-13)21(23(27)29)26-14-9-10-17-18(11-14)31-12-30-17/h1-11,26H,12H2. The van der Waals surface area contributed by atoms with Crippen molar-refractivity contribution in [3.8, 4) is 11.5 Å². The number of ether oxygens (including phenoxy) is 2. The van der Waals surface area contributed by atoms with Gasteiger partial charge in [-0.25, -0.2) is 4.90 Å². The van der Waals surface area contributed by atoms with E-state index in [1.165, 1.54) is 0 Å². The highest BCUT2D eigenvalue weighted by atomic mass is 35.5. The summed E-state index contributed by atoms with van der Waals surface area (Å²) in [5.41, 5.74) is 1.77. The minimum atomic E-state index is -0.536. The van der Waals surface area contributed by atoms with Crippen molar-refractivity contribution in [1.29, 1.82) is 0 Å². The fourth-order valence-corrected chi connectivity index (χ4v) is 3.90. The molecule has 2 amide bonds. The van der Waals surface area contributed by atoms with Crippen molar-refractivity contribution in [3.63, 3.8) is 0 Å². The van der Waals surface area contributed by atoms with Gasteiger partial charge in [0.05, 0.1) is 21.3 Å². The van der Waals surface area contributed by atoms with E-state index in [2.05, 4.69) is 5.32 Å². The molecule has 0 saturated heterocycles. The Labute approximate surface area is 187 Å². The van der Waals surface area contributed by atoms with Crippen LogP contribution in [-0.2, 0) is 9.59 Å². The van der Waals surface area contributed by atoms with Crippen LogP contribution in [0.3, 0.4) is 0 Å². The van der Waals surface area contributed by atoms with Gasteiger partial charge in [-0.1, -0.05) is 59.6 Å². The van der Waals surface area contributed by atoms with E-state index in [9.17, 15) is 9.59 Å². The molecule has 0 radical (unpaired) electrons. The molecule has 6 nitrogen and oxygen atoms in total. The molecule has 0 bridgehead atoms. The van der Waals surface area contributed by atoms with Gasteiger partial charge in [0, 0.05) is 11.8 Å². The van der Waals surface area contributed by atoms with Gasteiger partial charge in [0.2, 0.25) is 6.79 Å². The number of fused-ring (bicyclic) bond motifs is 1. The molecule has 2 aliphatic rings. The van der Waals surface area contributed by atoms with E-state index in [-0.39, 0.29) is 33.8 Å². The summed E-state index contributed by atoms with van der Waals surface area (Å²) in [6.45, 7) is 0.134. The third kappa shape index (κ3) is 3.30. The van der Waals surface area contributed by atoms with E-state index in [0.717, 1.165) is 4.90 Å². The average molecular weight is 453 g/mol. The summed E-state index contributed by atoms with van der Waals surface area (Å²) in [7, 11) is 0. The monoisotopic (exact) mass is 452 g/mol. The minimum Gasteiger partial charge on any atom is -0.454 e. The molecule has 0 aliphatic carbocycles. The van der Waals surface area contributed by atoms with E-state index in [1.54, 1.807) is 60.7 Å². The first kappa shape index (κ1) is 19.5. The molecule has 8 heteroatoms. The van der Waals surface area contributed by atoms with E-state index < -0.39 is 11.8 Å². The Morgan fingerprint density at radius 3 is 2.42 bits per heavy atom. The van der Waals surface area contributed by atoms with Gasteiger partial charge in [-0.15, -0.1) is 0 Å². The van der Waals surface area contributed by atoms with E-state index >= 15 is 0 Å². The Kier molecular flexibility index (Phi) is 4.81. The van der Waals surface area contributed by atoms with Crippen LogP contribution >= 0.6 is 23.2 Å². The lowest BCUT2D eigenvalue weighted by molar-refractivity contribution is -0.120. The first-order valence-corrected chi connectivity index (χ1v) is 10.1. The van der Waals surface area contributed by atoms with Gasteiger partial charge in [0.15, 0.2) is 11.5 Å². The third-order valence-electron chi connectivity index (χ3n) is 4.96. The van der Waals surface area contributed by atoms with Gasteiger partial charge in [-0.3, -0.25) is 9.59 Å². The summed E-state index contributed by atoms with van der Waals surface area (Å²) < 4.78 is 10.7. The normalized spacial score (nSPS) is 15.1. The quantitative estimate of drug-likeness (QED) is 0.556. The van der Waals surface area contributed by atoms with Crippen LogP contribution in [0, 0.1) is 0 Å². The van der Waals surface area contributed by atoms with Crippen molar-refractivity contribution >= 4 is 52.0 Å². The summed E-state index contributed by atoms with van der Waals surface area (Å²) >= 11 is 12.4. The summed E-state index contributed by atoms with van der Waals surface area (Å²) in [6.07, 6.45) is 0. The molecular weight excluding hydrogens is 439 g/mol. The van der Waals surface area contributed by atoms with Crippen molar-refractivity contribution in [2.75, 3.05) is 17.0 Å². The first-order valence-electron chi connectivity index (χ1n) is 9.34. The summed E-state index contributed by atoms with van der Waals surface area (Å²) in [4.78, 5) is 27.9. The SMILES string of the molecule is O=C1C(Nc2ccc3c(c2)OCO3)=C(c2ccccc2)C(=O)N1c1cccc(Cl)c1Cl. The zero-order valence-electron chi connectivity index (χ0n) is 15.9. The second-order valence-electron chi connectivity index (χ2n) is 6.83. The fourth-order valence-electron chi connectivity index (χ4n) is 3.52. The highest BCUT2D eigenvalue weighted by Gasteiger charge is 2.41. The zero-order chi connectivity index (χ0) is 21.5. The third-order valence-corrected chi connectivity index (χ3v) is 5.77. The number of anilines is 2. The number of imide groups is 1. The lowest BCUT2D eigenvalue weighted by Crippen LogP contribution is -2.32. The Morgan fingerprint density at radius 2 is 1.61 bits per heavy atom. The number of rotatable bonds is 4. The van der Waals surface area contributed by atoms with Crippen molar-refractivity contribution in [1.82, 2.24) is 0 Å². The van der Waals surface area contributed by atoms with Gasteiger partial charge in [0.25, 0.3) is 11.8 Å². The Morgan fingerprint density at radius 1 is 0.839 bits per heavy atom. The van der Waals surface area contributed by atoms with E-state index in [4.69, 9.17) is 32.7 Å². The van der Waals surface area contributed by atoms with Gasteiger partial charge in [-0.05, 0) is 29.8 Å². The molecule has 3 aromatic carbocycles. The molecular formula is C23H14Cl2N2O4. The molecule has 154 valence electrons. The molecule has 2 heterocycles. The Bertz CT molecular complexity index is 1260. The van der Waals surface area contributed by atoms with Crippen LogP contribution in [0.5, 0.6) is 11.5 Å². The molecule has 0 saturated carbocycles. The van der Waals surface area contributed by atoms with Crippen LogP contribution in [0.1, 0.15) is 5.56 Å². The molecule has 1 N–H and O–H groups in total. The first-order chi connectivity index (χ1) is 15.0. The van der Waals surface area contributed by atoms with Crippen molar-refractivity contribution in [3.05, 3.63) is 88.0 Å². The topological polar surface area (TPSA) is 67.9 Å². The van der Waals surface area contributed by atoms with Gasteiger partial charge in [0.1, 0.15) is 5.70 Å². The van der Waals surface area contributed by atoms with Crippen LogP contribution in [0.4, 0.5) is 11.4 Å². The van der Waals surface area contributed by atoms with Crippen molar-refractivity contribution < 1.29 is 19.1 Å². The van der Waals surface area contributed by atoms with Crippen LogP contribution in [0.25, 0.3) is 5.57 Å². The fraction of sp³-hybridized carbons (Fsp3) is 0.0435. The minimum absolute atomic E-state index is 0.127. The molecule has 0 atom stereocenters. The molecule has 0 spiro atoms. The van der Waals surface area contributed by atoms with Gasteiger partial charge in [-0.2, -0.15) is 0 Å². The number of carbonyl (C=O) groups is 2.